The zero-order valence-corrected chi connectivity index (χ0v) is 7.08. The van der Waals surface area contributed by atoms with Crippen molar-refractivity contribution in [2.75, 3.05) is 0 Å². The van der Waals surface area contributed by atoms with E-state index in [9.17, 15) is 8.78 Å². The van der Waals surface area contributed by atoms with Gasteiger partial charge in [0.2, 0.25) is 5.88 Å². The summed E-state index contributed by atoms with van der Waals surface area (Å²) in [5.41, 5.74) is 6.32. The van der Waals surface area contributed by atoms with Crippen molar-refractivity contribution in [1.82, 2.24) is 4.98 Å². The Balaban J connectivity index is 2.70. The largest absolute Gasteiger partial charge is 0.417 e. The summed E-state index contributed by atoms with van der Waals surface area (Å²) in [7, 11) is 0. The van der Waals surface area contributed by atoms with E-state index in [2.05, 4.69) is 9.72 Å². The molecule has 1 atom stereocenters. The Morgan fingerprint density at radius 3 is 2.54 bits per heavy atom. The van der Waals surface area contributed by atoms with Gasteiger partial charge in [-0.05, 0) is 12.5 Å². The van der Waals surface area contributed by atoms with Crippen LogP contribution < -0.4 is 10.5 Å². The number of aromatic nitrogens is 1. The SMILES string of the molecule is C[C@@H](N)c1ccc(OC(F)F)nc1. The van der Waals surface area contributed by atoms with Gasteiger partial charge < -0.3 is 10.5 Å². The van der Waals surface area contributed by atoms with Gasteiger partial charge in [0, 0.05) is 18.3 Å². The third-order valence-electron chi connectivity index (χ3n) is 1.49. The first kappa shape index (κ1) is 9.85. The number of hydrogen-bond donors (Lipinski definition) is 1. The maximum atomic E-state index is 11.7. The molecule has 0 aliphatic heterocycles. The fourth-order valence-corrected chi connectivity index (χ4v) is 0.822. The molecule has 0 amide bonds. The van der Waals surface area contributed by atoms with E-state index in [4.69, 9.17) is 5.73 Å². The maximum absolute atomic E-state index is 11.7. The third kappa shape index (κ3) is 2.95. The van der Waals surface area contributed by atoms with Crippen molar-refractivity contribution in [2.45, 2.75) is 19.6 Å². The standard InChI is InChI=1S/C8H10F2N2O/c1-5(11)6-2-3-7(12-4-6)13-8(9)10/h2-5,8H,11H2,1H3/t5-/m1/s1. The van der Waals surface area contributed by atoms with Crippen molar-refractivity contribution in [2.24, 2.45) is 5.73 Å². The molecule has 1 rings (SSSR count). The Morgan fingerprint density at radius 2 is 2.15 bits per heavy atom. The van der Waals surface area contributed by atoms with E-state index in [0.717, 1.165) is 5.56 Å². The molecule has 5 heteroatoms. The third-order valence-corrected chi connectivity index (χ3v) is 1.49. The quantitative estimate of drug-likeness (QED) is 0.785. The molecule has 0 bridgehead atoms. The second kappa shape index (κ2) is 4.13. The van der Waals surface area contributed by atoms with Crippen molar-refractivity contribution < 1.29 is 13.5 Å². The fourth-order valence-electron chi connectivity index (χ4n) is 0.822. The van der Waals surface area contributed by atoms with Crippen LogP contribution in [0.15, 0.2) is 18.3 Å². The van der Waals surface area contributed by atoms with Crippen LogP contribution in [-0.2, 0) is 0 Å². The molecule has 13 heavy (non-hydrogen) atoms. The molecule has 0 unspecified atom stereocenters. The maximum Gasteiger partial charge on any atom is 0.388 e. The molecule has 72 valence electrons. The molecule has 1 aromatic heterocycles. The second-order valence-electron chi connectivity index (χ2n) is 2.60. The highest BCUT2D eigenvalue weighted by Gasteiger charge is 2.05. The Kier molecular flexibility index (Phi) is 3.13. The van der Waals surface area contributed by atoms with Crippen molar-refractivity contribution in [3.8, 4) is 5.88 Å². The van der Waals surface area contributed by atoms with Gasteiger partial charge in [-0.25, -0.2) is 4.98 Å². The Morgan fingerprint density at radius 1 is 1.46 bits per heavy atom. The lowest BCUT2D eigenvalue weighted by Crippen LogP contribution is -2.07. The number of pyridine rings is 1. The average molecular weight is 188 g/mol. The van der Waals surface area contributed by atoms with Gasteiger partial charge in [0.1, 0.15) is 0 Å². The molecule has 0 aromatic carbocycles. The molecular weight excluding hydrogens is 178 g/mol. The van der Waals surface area contributed by atoms with E-state index in [-0.39, 0.29) is 11.9 Å². The molecule has 2 N–H and O–H groups in total. The van der Waals surface area contributed by atoms with E-state index in [1.54, 1.807) is 13.0 Å². The zero-order chi connectivity index (χ0) is 9.84. The second-order valence-corrected chi connectivity index (χ2v) is 2.60. The summed E-state index contributed by atoms with van der Waals surface area (Å²) in [5.74, 6) is -0.0978. The molecule has 0 spiro atoms. The van der Waals surface area contributed by atoms with Gasteiger partial charge in [-0.15, -0.1) is 0 Å². The van der Waals surface area contributed by atoms with Crippen LogP contribution in [0.1, 0.15) is 18.5 Å². The Hall–Kier alpha value is -1.23. The smallest absolute Gasteiger partial charge is 0.388 e. The van der Waals surface area contributed by atoms with Gasteiger partial charge in [0.15, 0.2) is 0 Å². The van der Waals surface area contributed by atoms with E-state index >= 15 is 0 Å². The van der Waals surface area contributed by atoms with E-state index in [1.165, 1.54) is 12.3 Å². The summed E-state index contributed by atoms with van der Waals surface area (Å²) in [5, 5.41) is 0. The molecule has 3 nitrogen and oxygen atoms in total. The number of nitrogens with zero attached hydrogens (tertiary/aromatic N) is 1. The van der Waals surface area contributed by atoms with Gasteiger partial charge >= 0.3 is 6.61 Å². The minimum absolute atomic E-state index is 0.0978. The minimum atomic E-state index is -2.84. The summed E-state index contributed by atoms with van der Waals surface area (Å²) < 4.78 is 27.4. The van der Waals surface area contributed by atoms with Crippen LogP contribution in [0, 0.1) is 0 Å². The van der Waals surface area contributed by atoms with E-state index < -0.39 is 6.61 Å². The van der Waals surface area contributed by atoms with Gasteiger partial charge in [0.25, 0.3) is 0 Å². The number of nitrogens with two attached hydrogens (primary N) is 1. The highest BCUT2D eigenvalue weighted by atomic mass is 19.3. The Labute approximate surface area is 74.5 Å². The molecule has 0 aliphatic carbocycles. The van der Waals surface area contributed by atoms with E-state index in [1.807, 2.05) is 0 Å². The monoisotopic (exact) mass is 188 g/mol. The van der Waals surface area contributed by atoms with Crippen molar-refractivity contribution in [3.05, 3.63) is 23.9 Å². The molecule has 0 aliphatic rings. The van der Waals surface area contributed by atoms with Crippen LogP contribution in [0.3, 0.4) is 0 Å². The number of rotatable bonds is 3. The van der Waals surface area contributed by atoms with Gasteiger partial charge in [0.05, 0.1) is 0 Å². The topological polar surface area (TPSA) is 48.1 Å². The highest BCUT2D eigenvalue weighted by Crippen LogP contribution is 2.13. The minimum Gasteiger partial charge on any atom is -0.417 e. The first-order chi connectivity index (χ1) is 6.09. The first-order valence-electron chi connectivity index (χ1n) is 3.76. The van der Waals surface area contributed by atoms with Crippen molar-refractivity contribution >= 4 is 0 Å². The lowest BCUT2D eigenvalue weighted by atomic mass is 10.2. The molecule has 0 saturated heterocycles. The summed E-state index contributed by atoms with van der Waals surface area (Å²) in [4.78, 5) is 3.66. The van der Waals surface area contributed by atoms with Crippen molar-refractivity contribution in [3.63, 3.8) is 0 Å². The molecule has 0 saturated carbocycles. The highest BCUT2D eigenvalue weighted by molar-refractivity contribution is 5.19. The zero-order valence-electron chi connectivity index (χ0n) is 7.08. The first-order valence-corrected chi connectivity index (χ1v) is 3.76. The molecular formula is C8H10F2N2O. The summed E-state index contributed by atoms with van der Waals surface area (Å²) in [6, 6.07) is 2.81. The number of ether oxygens (including phenoxy) is 1. The van der Waals surface area contributed by atoms with Gasteiger partial charge in [-0.3, -0.25) is 0 Å². The summed E-state index contributed by atoms with van der Waals surface area (Å²) in [6.07, 6.45) is 1.42. The lowest BCUT2D eigenvalue weighted by molar-refractivity contribution is -0.0528. The summed E-state index contributed by atoms with van der Waals surface area (Å²) >= 11 is 0. The van der Waals surface area contributed by atoms with Crippen LogP contribution in [0.5, 0.6) is 5.88 Å². The lowest BCUT2D eigenvalue weighted by Gasteiger charge is -2.06. The van der Waals surface area contributed by atoms with Crippen LogP contribution in [-0.4, -0.2) is 11.6 Å². The molecule has 0 fully saturated rings. The molecule has 1 heterocycles. The number of alkyl halides is 2. The predicted octanol–water partition coefficient (Wildman–Crippen LogP) is 1.70. The summed E-state index contributed by atoms with van der Waals surface area (Å²) in [6.45, 7) is -1.06. The van der Waals surface area contributed by atoms with Gasteiger partial charge in [-0.2, -0.15) is 8.78 Å². The van der Waals surface area contributed by atoms with E-state index in [0.29, 0.717) is 0 Å². The number of halogens is 2. The fraction of sp³-hybridized carbons (Fsp3) is 0.375. The van der Waals surface area contributed by atoms with Gasteiger partial charge in [-0.1, -0.05) is 6.07 Å². The average Bonchev–Trinajstić information content (AvgIpc) is 2.04. The van der Waals surface area contributed by atoms with Crippen LogP contribution in [0.4, 0.5) is 8.78 Å². The normalized spacial score (nSPS) is 13.0. The Bertz CT molecular complexity index is 261. The predicted molar refractivity (Wildman–Crippen MR) is 43.5 cm³/mol. The van der Waals surface area contributed by atoms with Crippen LogP contribution >= 0.6 is 0 Å². The van der Waals surface area contributed by atoms with Crippen LogP contribution in [0.2, 0.25) is 0 Å². The molecule has 1 aromatic rings. The van der Waals surface area contributed by atoms with Crippen LogP contribution in [0.25, 0.3) is 0 Å². The molecule has 0 radical (unpaired) electrons. The van der Waals surface area contributed by atoms with Crippen molar-refractivity contribution in [1.29, 1.82) is 0 Å². The number of hydrogen-bond acceptors (Lipinski definition) is 3.